The first-order valence-corrected chi connectivity index (χ1v) is 11.2. The van der Waals surface area contributed by atoms with Crippen LogP contribution >= 0.6 is 23.2 Å². The molecule has 0 unspecified atom stereocenters. The maximum Gasteiger partial charge on any atom is 0.410 e. The van der Waals surface area contributed by atoms with Gasteiger partial charge in [0.2, 0.25) is 5.91 Å². The summed E-state index contributed by atoms with van der Waals surface area (Å²) < 4.78 is 5.39. The van der Waals surface area contributed by atoms with Gasteiger partial charge in [-0.3, -0.25) is 9.59 Å². The number of hydrogen-bond acceptors (Lipinski definition) is 6. The van der Waals surface area contributed by atoms with Crippen LogP contribution in [0.3, 0.4) is 0 Å². The summed E-state index contributed by atoms with van der Waals surface area (Å²) in [6, 6.07) is 7.61. The molecule has 1 aliphatic heterocycles. The van der Waals surface area contributed by atoms with Crippen LogP contribution in [0.1, 0.15) is 44.0 Å². The lowest BCUT2D eigenvalue weighted by molar-refractivity contribution is -0.121. The third kappa shape index (κ3) is 7.03. The maximum absolute atomic E-state index is 12.9. The van der Waals surface area contributed by atoms with Crippen LogP contribution in [-0.2, 0) is 9.53 Å². The van der Waals surface area contributed by atoms with Crippen molar-refractivity contribution in [3.63, 3.8) is 0 Å². The molecule has 1 saturated heterocycles. The number of rotatable bonds is 4. The number of aromatic nitrogens is 2. The van der Waals surface area contributed by atoms with Gasteiger partial charge in [0.25, 0.3) is 5.91 Å². The molecule has 9 nitrogen and oxygen atoms in total. The average Bonchev–Trinajstić information content (AvgIpc) is 2.75. The van der Waals surface area contributed by atoms with E-state index >= 15 is 0 Å². The molecule has 0 spiro atoms. The monoisotopic (exact) mass is 493 g/mol. The number of halogens is 2. The Bertz CT molecular complexity index is 1030. The van der Waals surface area contributed by atoms with Gasteiger partial charge in [-0.2, -0.15) is 0 Å². The zero-order chi connectivity index (χ0) is 24.2. The van der Waals surface area contributed by atoms with Gasteiger partial charge in [0, 0.05) is 24.0 Å². The second kappa shape index (κ2) is 10.4. The SMILES string of the molecule is CC(C)(C)OC(=O)N1CCC(C(=O)Nc2ccc(Cl)cc2C(=O)Nc2ccc(Cl)nn2)CC1. The summed E-state index contributed by atoms with van der Waals surface area (Å²) in [5.74, 6) is -0.848. The van der Waals surface area contributed by atoms with Crippen molar-refractivity contribution in [3.05, 3.63) is 46.1 Å². The van der Waals surface area contributed by atoms with Crippen LogP contribution in [0.5, 0.6) is 0 Å². The fourth-order valence-corrected chi connectivity index (χ4v) is 3.54. The Balaban J connectivity index is 1.64. The number of carbonyl (C=O) groups is 3. The molecule has 0 radical (unpaired) electrons. The highest BCUT2D eigenvalue weighted by Gasteiger charge is 2.30. The first-order chi connectivity index (χ1) is 15.5. The van der Waals surface area contributed by atoms with Crippen molar-refractivity contribution in [1.82, 2.24) is 15.1 Å². The number of nitrogens with zero attached hydrogens (tertiary/aromatic N) is 3. The Labute approximate surface area is 201 Å². The van der Waals surface area contributed by atoms with Crippen molar-refractivity contribution in [2.45, 2.75) is 39.2 Å². The van der Waals surface area contributed by atoms with Gasteiger partial charge in [0.15, 0.2) is 11.0 Å². The Morgan fingerprint density at radius 1 is 1.03 bits per heavy atom. The second-order valence-electron chi connectivity index (χ2n) is 8.62. The molecule has 3 amide bonds. The first-order valence-electron chi connectivity index (χ1n) is 10.4. The van der Waals surface area contributed by atoms with Crippen molar-refractivity contribution in [2.75, 3.05) is 23.7 Å². The molecule has 1 aliphatic rings. The molecular formula is C22H25Cl2N5O4. The molecule has 2 aromatic rings. The van der Waals surface area contributed by atoms with Gasteiger partial charge in [-0.25, -0.2) is 4.79 Å². The van der Waals surface area contributed by atoms with E-state index in [1.165, 1.54) is 18.2 Å². The van der Waals surface area contributed by atoms with Crippen LogP contribution in [0.25, 0.3) is 0 Å². The lowest BCUT2D eigenvalue weighted by Crippen LogP contribution is -2.43. The number of ether oxygens (including phenoxy) is 1. The summed E-state index contributed by atoms with van der Waals surface area (Å²) in [6.45, 7) is 6.26. The number of nitrogens with one attached hydrogen (secondary N) is 2. The molecule has 33 heavy (non-hydrogen) atoms. The van der Waals surface area contributed by atoms with Crippen LogP contribution in [0.2, 0.25) is 10.2 Å². The molecule has 0 aliphatic carbocycles. The smallest absolute Gasteiger partial charge is 0.410 e. The van der Waals surface area contributed by atoms with E-state index in [2.05, 4.69) is 20.8 Å². The van der Waals surface area contributed by atoms with Gasteiger partial charge in [-0.15, -0.1) is 10.2 Å². The predicted molar refractivity (Wildman–Crippen MR) is 126 cm³/mol. The molecule has 0 saturated carbocycles. The van der Waals surface area contributed by atoms with Gasteiger partial charge < -0.3 is 20.3 Å². The molecule has 0 atom stereocenters. The Morgan fingerprint density at radius 2 is 1.73 bits per heavy atom. The van der Waals surface area contributed by atoms with Crippen LogP contribution in [0.4, 0.5) is 16.3 Å². The van der Waals surface area contributed by atoms with E-state index in [0.717, 1.165) is 0 Å². The lowest BCUT2D eigenvalue weighted by Gasteiger charge is -2.33. The normalized spacial score (nSPS) is 14.5. The second-order valence-corrected chi connectivity index (χ2v) is 9.44. The standard InChI is InChI=1S/C22H25Cl2N5O4/c1-22(2,3)33-21(32)29-10-8-13(9-11-29)19(30)25-16-5-4-14(23)12-15(16)20(31)26-18-7-6-17(24)27-28-18/h4-7,12-13H,8-11H2,1-3H3,(H,25,30)(H,26,28,31). The minimum absolute atomic E-state index is 0.179. The van der Waals surface area contributed by atoms with Gasteiger partial charge in [-0.05, 0) is 63.9 Å². The van der Waals surface area contributed by atoms with Gasteiger partial charge in [0.05, 0.1) is 11.3 Å². The lowest BCUT2D eigenvalue weighted by atomic mass is 9.96. The van der Waals surface area contributed by atoms with Crippen molar-refractivity contribution >= 4 is 52.6 Å². The number of carbonyl (C=O) groups excluding carboxylic acids is 3. The van der Waals surface area contributed by atoms with E-state index in [4.69, 9.17) is 27.9 Å². The number of benzene rings is 1. The molecule has 1 aromatic carbocycles. The minimum Gasteiger partial charge on any atom is -0.444 e. The quantitative estimate of drug-likeness (QED) is 0.641. The van der Waals surface area contributed by atoms with E-state index < -0.39 is 11.5 Å². The van der Waals surface area contributed by atoms with E-state index in [1.54, 1.807) is 17.0 Å². The highest BCUT2D eigenvalue weighted by Crippen LogP contribution is 2.25. The number of likely N-dealkylation sites (tertiary alicyclic amines) is 1. The van der Waals surface area contributed by atoms with Gasteiger partial charge >= 0.3 is 6.09 Å². The van der Waals surface area contributed by atoms with Crippen LogP contribution < -0.4 is 10.6 Å². The first kappa shape index (κ1) is 24.7. The minimum atomic E-state index is -0.575. The maximum atomic E-state index is 12.9. The van der Waals surface area contributed by atoms with E-state index in [0.29, 0.717) is 36.6 Å². The topological polar surface area (TPSA) is 114 Å². The predicted octanol–water partition coefficient (Wildman–Crippen LogP) is 4.62. The summed E-state index contributed by atoms with van der Waals surface area (Å²) in [5.41, 5.74) is -0.0775. The number of piperidine rings is 1. The summed E-state index contributed by atoms with van der Waals surface area (Å²) in [4.78, 5) is 39.5. The molecular weight excluding hydrogens is 469 g/mol. The highest BCUT2D eigenvalue weighted by atomic mass is 35.5. The van der Waals surface area contributed by atoms with Crippen LogP contribution in [0, 0.1) is 5.92 Å². The fraction of sp³-hybridized carbons (Fsp3) is 0.409. The molecule has 3 rings (SSSR count). The number of amides is 3. The van der Waals surface area contributed by atoms with E-state index in [-0.39, 0.29) is 34.5 Å². The molecule has 2 heterocycles. The number of anilines is 2. The number of hydrogen-bond donors (Lipinski definition) is 2. The molecule has 1 aromatic heterocycles. The largest absolute Gasteiger partial charge is 0.444 e. The molecule has 176 valence electrons. The summed E-state index contributed by atoms with van der Waals surface area (Å²) in [6.07, 6.45) is 0.588. The van der Waals surface area contributed by atoms with E-state index in [9.17, 15) is 14.4 Å². The molecule has 0 bridgehead atoms. The summed E-state index contributed by atoms with van der Waals surface area (Å²) >= 11 is 11.8. The third-order valence-electron chi connectivity index (χ3n) is 4.88. The third-order valence-corrected chi connectivity index (χ3v) is 5.31. The highest BCUT2D eigenvalue weighted by molar-refractivity contribution is 6.31. The van der Waals surface area contributed by atoms with Crippen molar-refractivity contribution in [2.24, 2.45) is 5.92 Å². The zero-order valence-electron chi connectivity index (χ0n) is 18.5. The van der Waals surface area contributed by atoms with Crippen molar-refractivity contribution < 1.29 is 19.1 Å². The average molecular weight is 494 g/mol. The van der Waals surface area contributed by atoms with Gasteiger partial charge in [0.1, 0.15) is 5.60 Å². The summed E-state index contributed by atoms with van der Waals surface area (Å²) in [7, 11) is 0. The van der Waals surface area contributed by atoms with Gasteiger partial charge in [-0.1, -0.05) is 23.2 Å². The van der Waals surface area contributed by atoms with Crippen molar-refractivity contribution in [3.8, 4) is 0 Å². The van der Waals surface area contributed by atoms with E-state index in [1.807, 2.05) is 20.8 Å². The Hall–Kier alpha value is -2.91. The Kier molecular flexibility index (Phi) is 7.76. The zero-order valence-corrected chi connectivity index (χ0v) is 20.0. The van der Waals surface area contributed by atoms with Crippen LogP contribution in [-0.4, -0.2) is 51.7 Å². The van der Waals surface area contributed by atoms with Crippen LogP contribution in [0.15, 0.2) is 30.3 Å². The Morgan fingerprint density at radius 3 is 2.33 bits per heavy atom. The van der Waals surface area contributed by atoms with Crippen molar-refractivity contribution in [1.29, 1.82) is 0 Å². The molecule has 11 heteroatoms. The summed E-state index contributed by atoms with van der Waals surface area (Å²) in [5, 5.41) is 13.4. The molecule has 1 fully saturated rings. The fourth-order valence-electron chi connectivity index (χ4n) is 3.27. The molecule has 2 N–H and O–H groups in total.